The highest BCUT2D eigenvalue weighted by molar-refractivity contribution is 7.87. The molecule has 0 radical (unpaired) electrons. The van der Waals surface area contributed by atoms with E-state index in [9.17, 15) is 13.2 Å². The molecule has 0 spiro atoms. The number of rotatable bonds is 9. The predicted molar refractivity (Wildman–Crippen MR) is 67.3 cm³/mol. The molecule has 0 saturated heterocycles. The maximum atomic E-state index is 12.0. The van der Waals surface area contributed by atoms with Gasteiger partial charge in [0, 0.05) is 26.2 Å². The van der Waals surface area contributed by atoms with Gasteiger partial charge >= 0.3 is 5.97 Å². The molecule has 0 atom stereocenters. The van der Waals surface area contributed by atoms with Gasteiger partial charge in [-0.1, -0.05) is 0 Å². The third-order valence-corrected chi connectivity index (χ3v) is 3.88. The van der Waals surface area contributed by atoms with Gasteiger partial charge in [-0.05, 0) is 13.8 Å². The van der Waals surface area contributed by atoms with Crippen LogP contribution in [0.2, 0.25) is 0 Å². The van der Waals surface area contributed by atoms with Crippen molar-refractivity contribution in [2.24, 2.45) is 0 Å². The van der Waals surface area contributed by atoms with E-state index in [4.69, 9.17) is 4.74 Å². The van der Waals surface area contributed by atoms with E-state index in [1.54, 1.807) is 13.8 Å². The minimum absolute atomic E-state index is 0.0131. The van der Waals surface area contributed by atoms with Crippen LogP contribution in [-0.2, 0) is 24.5 Å². The standard InChI is InChI=1S/C10H22N2O5S/c1-9(2)11-18(14,15)12(7-8-16-3)6-5-10(13)17-4/h9,11H,5-8H2,1-4H3. The Morgan fingerprint density at radius 1 is 1.28 bits per heavy atom. The molecule has 0 aliphatic carbocycles. The molecule has 108 valence electrons. The molecular formula is C10H22N2O5S. The van der Waals surface area contributed by atoms with Crippen LogP contribution in [0.15, 0.2) is 0 Å². The van der Waals surface area contributed by atoms with Crippen LogP contribution in [0, 0.1) is 0 Å². The van der Waals surface area contributed by atoms with Crippen molar-refractivity contribution in [2.45, 2.75) is 26.3 Å². The summed E-state index contributed by atoms with van der Waals surface area (Å²) in [6, 6.07) is -0.210. The molecule has 1 N–H and O–H groups in total. The fraction of sp³-hybridized carbons (Fsp3) is 0.900. The first-order valence-corrected chi connectivity index (χ1v) is 7.10. The van der Waals surface area contributed by atoms with Crippen molar-refractivity contribution in [1.29, 1.82) is 0 Å². The summed E-state index contributed by atoms with van der Waals surface area (Å²) in [5, 5.41) is 0. The quantitative estimate of drug-likeness (QED) is 0.589. The lowest BCUT2D eigenvalue weighted by Crippen LogP contribution is -2.45. The third-order valence-electron chi connectivity index (χ3n) is 2.06. The highest BCUT2D eigenvalue weighted by Crippen LogP contribution is 2.02. The summed E-state index contributed by atoms with van der Waals surface area (Å²) in [7, 11) is -0.849. The molecule has 0 rings (SSSR count). The summed E-state index contributed by atoms with van der Waals surface area (Å²) in [5.41, 5.74) is 0. The Morgan fingerprint density at radius 3 is 2.33 bits per heavy atom. The molecule has 0 aliphatic rings. The average molecular weight is 282 g/mol. The van der Waals surface area contributed by atoms with Gasteiger partial charge in [0.25, 0.3) is 10.2 Å². The Hall–Kier alpha value is -0.700. The smallest absolute Gasteiger partial charge is 0.306 e. The van der Waals surface area contributed by atoms with E-state index in [0.717, 1.165) is 0 Å². The van der Waals surface area contributed by atoms with E-state index < -0.39 is 16.2 Å². The van der Waals surface area contributed by atoms with Crippen molar-refractivity contribution in [3.8, 4) is 0 Å². The molecule has 0 fully saturated rings. The van der Waals surface area contributed by atoms with Crippen LogP contribution >= 0.6 is 0 Å². The van der Waals surface area contributed by atoms with E-state index in [0.29, 0.717) is 0 Å². The number of nitrogens with one attached hydrogen (secondary N) is 1. The van der Waals surface area contributed by atoms with Gasteiger partial charge in [0.1, 0.15) is 0 Å². The van der Waals surface area contributed by atoms with Crippen molar-refractivity contribution in [3.63, 3.8) is 0 Å². The van der Waals surface area contributed by atoms with Crippen LogP contribution in [0.3, 0.4) is 0 Å². The van der Waals surface area contributed by atoms with Gasteiger partial charge in [0.15, 0.2) is 0 Å². The SMILES string of the molecule is COCCN(CCC(=O)OC)S(=O)(=O)NC(C)C. The Bertz CT molecular complexity index is 342. The summed E-state index contributed by atoms with van der Waals surface area (Å²) in [5.74, 6) is -0.447. The van der Waals surface area contributed by atoms with Crippen LogP contribution in [0.1, 0.15) is 20.3 Å². The van der Waals surface area contributed by atoms with Gasteiger partial charge in [0.05, 0.1) is 20.1 Å². The number of hydrogen-bond acceptors (Lipinski definition) is 5. The Kier molecular flexibility index (Phi) is 8.08. The summed E-state index contributed by atoms with van der Waals surface area (Å²) < 4.78 is 36.9. The average Bonchev–Trinajstić information content (AvgIpc) is 2.26. The number of ether oxygens (including phenoxy) is 2. The monoisotopic (exact) mass is 282 g/mol. The number of esters is 1. The largest absolute Gasteiger partial charge is 0.469 e. The molecule has 18 heavy (non-hydrogen) atoms. The Morgan fingerprint density at radius 2 is 1.89 bits per heavy atom. The van der Waals surface area contributed by atoms with Crippen LogP contribution in [-0.4, -0.2) is 58.7 Å². The molecule has 0 saturated carbocycles. The molecule has 0 aromatic heterocycles. The Balaban J connectivity index is 4.60. The molecule has 0 aromatic rings. The summed E-state index contributed by atoms with van der Waals surface area (Å²) >= 11 is 0. The molecule has 0 aromatic carbocycles. The van der Waals surface area contributed by atoms with Crippen LogP contribution in [0.4, 0.5) is 0 Å². The molecule has 8 heteroatoms. The zero-order valence-corrected chi connectivity index (χ0v) is 12.1. The van der Waals surface area contributed by atoms with E-state index in [1.807, 2.05) is 0 Å². The lowest BCUT2D eigenvalue weighted by Gasteiger charge is -2.22. The second-order valence-corrected chi connectivity index (χ2v) is 5.70. The number of methoxy groups -OCH3 is 2. The third kappa shape index (κ3) is 6.90. The van der Waals surface area contributed by atoms with Gasteiger partial charge in [-0.25, -0.2) is 0 Å². The fourth-order valence-corrected chi connectivity index (χ4v) is 2.63. The second kappa shape index (κ2) is 8.41. The van der Waals surface area contributed by atoms with Crippen molar-refractivity contribution in [2.75, 3.05) is 33.9 Å². The predicted octanol–water partition coefficient (Wildman–Crippen LogP) is -0.259. The molecule has 0 bridgehead atoms. The topological polar surface area (TPSA) is 84.9 Å². The van der Waals surface area contributed by atoms with E-state index in [-0.39, 0.29) is 32.2 Å². The van der Waals surface area contributed by atoms with Gasteiger partial charge in [-0.3, -0.25) is 4.79 Å². The molecular weight excluding hydrogens is 260 g/mol. The number of carbonyl (C=O) groups is 1. The summed E-state index contributed by atoms with van der Waals surface area (Å²) in [6.07, 6.45) is 0.0131. The van der Waals surface area contributed by atoms with Crippen LogP contribution in [0.5, 0.6) is 0 Å². The maximum absolute atomic E-state index is 12.0. The highest BCUT2D eigenvalue weighted by Gasteiger charge is 2.23. The molecule has 0 unspecified atom stereocenters. The lowest BCUT2D eigenvalue weighted by molar-refractivity contribution is -0.140. The maximum Gasteiger partial charge on any atom is 0.306 e. The number of hydrogen-bond donors (Lipinski definition) is 1. The number of nitrogens with zero attached hydrogens (tertiary/aromatic N) is 1. The van der Waals surface area contributed by atoms with Crippen molar-refractivity contribution in [1.82, 2.24) is 9.03 Å². The molecule has 7 nitrogen and oxygen atoms in total. The highest BCUT2D eigenvalue weighted by atomic mass is 32.2. The van der Waals surface area contributed by atoms with Gasteiger partial charge < -0.3 is 9.47 Å². The van der Waals surface area contributed by atoms with Crippen LogP contribution < -0.4 is 4.72 Å². The molecule has 0 aliphatic heterocycles. The van der Waals surface area contributed by atoms with Gasteiger partial charge in [-0.15, -0.1) is 0 Å². The molecule has 0 amide bonds. The van der Waals surface area contributed by atoms with E-state index in [1.165, 1.54) is 18.5 Å². The van der Waals surface area contributed by atoms with E-state index >= 15 is 0 Å². The fourth-order valence-electron chi connectivity index (χ4n) is 1.24. The zero-order valence-electron chi connectivity index (χ0n) is 11.3. The molecule has 0 heterocycles. The first-order chi connectivity index (χ1) is 8.33. The first-order valence-electron chi connectivity index (χ1n) is 5.66. The van der Waals surface area contributed by atoms with Gasteiger partial charge in [0.2, 0.25) is 0 Å². The summed E-state index contributed by atoms with van der Waals surface area (Å²) in [4.78, 5) is 11.0. The minimum atomic E-state index is -3.60. The Labute approximate surface area is 109 Å². The number of carbonyl (C=O) groups excluding carboxylic acids is 1. The lowest BCUT2D eigenvalue weighted by atomic mass is 10.4. The first kappa shape index (κ1) is 17.3. The zero-order chi connectivity index (χ0) is 14.2. The normalized spacial score (nSPS) is 12.1. The van der Waals surface area contributed by atoms with E-state index in [2.05, 4.69) is 9.46 Å². The minimum Gasteiger partial charge on any atom is -0.469 e. The van der Waals surface area contributed by atoms with Gasteiger partial charge in [-0.2, -0.15) is 17.4 Å². The van der Waals surface area contributed by atoms with Crippen molar-refractivity contribution in [3.05, 3.63) is 0 Å². The van der Waals surface area contributed by atoms with Crippen molar-refractivity contribution < 1.29 is 22.7 Å². The summed E-state index contributed by atoms with van der Waals surface area (Å²) in [6.45, 7) is 3.98. The van der Waals surface area contributed by atoms with Crippen LogP contribution in [0.25, 0.3) is 0 Å². The second-order valence-electron chi connectivity index (χ2n) is 4.00. The van der Waals surface area contributed by atoms with Crippen molar-refractivity contribution >= 4 is 16.2 Å².